The molecule has 1 fully saturated rings. The molecule has 0 spiro atoms. The maximum absolute atomic E-state index is 3.59. The summed E-state index contributed by atoms with van der Waals surface area (Å²) in [6.45, 7) is 5.41. The number of rotatable bonds is 3. The molecule has 0 radical (unpaired) electrons. The number of benzene rings is 1. The van der Waals surface area contributed by atoms with Gasteiger partial charge in [-0.3, -0.25) is 10.6 Å². The lowest BCUT2D eigenvalue weighted by Crippen LogP contribution is -2.44. The Bertz CT molecular complexity index is 368. The highest BCUT2D eigenvalue weighted by Crippen LogP contribution is 2.15. The highest BCUT2D eigenvalue weighted by atomic mass is 15.3. The number of hydrogen-bond donors (Lipinski definition) is 2. The monoisotopic (exact) mass is 233 g/mol. The van der Waals surface area contributed by atoms with Gasteiger partial charge in [0.1, 0.15) is 0 Å². The molecule has 1 saturated heterocycles. The van der Waals surface area contributed by atoms with Gasteiger partial charge < -0.3 is 4.90 Å². The molecule has 0 aromatic heterocycles. The van der Waals surface area contributed by atoms with Crippen LogP contribution in [-0.2, 0) is 6.42 Å². The van der Waals surface area contributed by atoms with Crippen LogP contribution in [0.5, 0.6) is 0 Å². The second-order valence-electron chi connectivity index (χ2n) is 5.61. The van der Waals surface area contributed by atoms with E-state index in [1.165, 1.54) is 11.3 Å². The smallest absolute Gasteiger partial charge is 0.0632 e. The zero-order valence-corrected chi connectivity index (χ0v) is 11.2. The minimum atomic E-state index is 0.0776. The highest BCUT2D eigenvalue weighted by Gasteiger charge is 2.28. The summed E-state index contributed by atoms with van der Waals surface area (Å²) in [5.41, 5.74) is 2.73. The van der Waals surface area contributed by atoms with Crippen LogP contribution in [0.15, 0.2) is 24.3 Å². The van der Waals surface area contributed by atoms with E-state index in [2.05, 4.69) is 67.7 Å². The normalized spacial score (nSPS) is 22.7. The van der Waals surface area contributed by atoms with Gasteiger partial charge in [0.05, 0.1) is 5.66 Å². The minimum Gasteiger partial charge on any atom is -0.378 e. The van der Waals surface area contributed by atoms with Crippen molar-refractivity contribution in [2.75, 3.05) is 25.5 Å². The number of anilines is 1. The summed E-state index contributed by atoms with van der Waals surface area (Å²) >= 11 is 0. The summed E-state index contributed by atoms with van der Waals surface area (Å²) in [6, 6.07) is 9.35. The van der Waals surface area contributed by atoms with Gasteiger partial charge in [-0.05, 0) is 38.0 Å². The molecular formula is C14H23N3. The molecule has 0 unspecified atom stereocenters. The number of nitrogens with one attached hydrogen (secondary N) is 2. The minimum absolute atomic E-state index is 0.0776. The lowest BCUT2D eigenvalue weighted by atomic mass is 10.1. The lowest BCUT2D eigenvalue weighted by Gasteiger charge is -2.20. The van der Waals surface area contributed by atoms with Crippen LogP contribution < -0.4 is 15.5 Å². The standard InChI is InChI=1S/C14H23N3/c1-14(2)15-10-12(16-14)9-11-5-7-13(8-6-11)17(3)4/h5-8,12,15-16H,9-10H2,1-4H3/t12-/m0/s1. The van der Waals surface area contributed by atoms with Gasteiger partial charge in [0.25, 0.3) is 0 Å². The third-order valence-electron chi connectivity index (χ3n) is 3.29. The van der Waals surface area contributed by atoms with Crippen LogP contribution in [-0.4, -0.2) is 32.3 Å². The quantitative estimate of drug-likeness (QED) is 0.830. The van der Waals surface area contributed by atoms with Crippen molar-refractivity contribution in [3.63, 3.8) is 0 Å². The summed E-state index contributed by atoms with van der Waals surface area (Å²) in [6.07, 6.45) is 1.09. The Labute approximate surface area is 104 Å². The Morgan fingerprint density at radius 1 is 1.24 bits per heavy atom. The van der Waals surface area contributed by atoms with E-state index in [0.29, 0.717) is 6.04 Å². The van der Waals surface area contributed by atoms with Crippen LogP contribution >= 0.6 is 0 Å². The summed E-state index contributed by atoms with van der Waals surface area (Å²) in [5.74, 6) is 0. The fourth-order valence-electron chi connectivity index (χ4n) is 2.33. The van der Waals surface area contributed by atoms with E-state index in [-0.39, 0.29) is 5.66 Å². The van der Waals surface area contributed by atoms with Crippen LogP contribution in [0.3, 0.4) is 0 Å². The summed E-state index contributed by atoms with van der Waals surface area (Å²) in [7, 11) is 4.14. The molecule has 1 atom stereocenters. The van der Waals surface area contributed by atoms with Crippen molar-refractivity contribution < 1.29 is 0 Å². The first kappa shape index (κ1) is 12.4. The summed E-state index contributed by atoms with van der Waals surface area (Å²) in [4.78, 5) is 2.13. The molecule has 1 aromatic rings. The van der Waals surface area contributed by atoms with Crippen molar-refractivity contribution in [1.82, 2.24) is 10.6 Å². The first-order valence-electron chi connectivity index (χ1n) is 6.25. The van der Waals surface area contributed by atoms with Crippen LogP contribution in [0.2, 0.25) is 0 Å². The molecule has 94 valence electrons. The van der Waals surface area contributed by atoms with Crippen molar-refractivity contribution in [1.29, 1.82) is 0 Å². The van der Waals surface area contributed by atoms with E-state index < -0.39 is 0 Å². The molecule has 1 aliphatic rings. The third kappa shape index (κ3) is 3.20. The van der Waals surface area contributed by atoms with E-state index in [0.717, 1.165) is 13.0 Å². The van der Waals surface area contributed by atoms with Gasteiger partial charge in [-0.25, -0.2) is 0 Å². The Morgan fingerprint density at radius 3 is 2.35 bits per heavy atom. The Hall–Kier alpha value is -1.06. The van der Waals surface area contributed by atoms with Crippen molar-refractivity contribution in [3.05, 3.63) is 29.8 Å². The van der Waals surface area contributed by atoms with Crippen molar-refractivity contribution in [2.45, 2.75) is 32.0 Å². The maximum Gasteiger partial charge on any atom is 0.0632 e. The first-order chi connectivity index (χ1) is 7.96. The van der Waals surface area contributed by atoms with Gasteiger partial charge in [0.2, 0.25) is 0 Å². The molecule has 1 aliphatic heterocycles. The molecule has 0 aliphatic carbocycles. The predicted molar refractivity (Wildman–Crippen MR) is 73.5 cm³/mol. The fourth-order valence-corrected chi connectivity index (χ4v) is 2.33. The van der Waals surface area contributed by atoms with E-state index in [1.807, 2.05) is 0 Å². The Balaban J connectivity index is 1.96. The zero-order valence-electron chi connectivity index (χ0n) is 11.2. The number of nitrogens with zero attached hydrogens (tertiary/aromatic N) is 1. The fraction of sp³-hybridized carbons (Fsp3) is 0.571. The van der Waals surface area contributed by atoms with Crippen LogP contribution in [0.1, 0.15) is 19.4 Å². The molecule has 1 heterocycles. The molecule has 3 nitrogen and oxygen atoms in total. The van der Waals surface area contributed by atoms with Crippen LogP contribution in [0.4, 0.5) is 5.69 Å². The average molecular weight is 233 g/mol. The summed E-state index contributed by atoms with van der Waals surface area (Å²) < 4.78 is 0. The molecular weight excluding hydrogens is 210 g/mol. The van der Waals surface area contributed by atoms with E-state index >= 15 is 0 Å². The van der Waals surface area contributed by atoms with Gasteiger partial charge in [-0.1, -0.05) is 12.1 Å². The van der Waals surface area contributed by atoms with E-state index in [4.69, 9.17) is 0 Å². The Morgan fingerprint density at radius 2 is 1.88 bits per heavy atom. The first-order valence-corrected chi connectivity index (χ1v) is 6.25. The van der Waals surface area contributed by atoms with Gasteiger partial charge in [-0.2, -0.15) is 0 Å². The molecule has 1 aromatic carbocycles. The van der Waals surface area contributed by atoms with Gasteiger partial charge >= 0.3 is 0 Å². The largest absolute Gasteiger partial charge is 0.378 e. The van der Waals surface area contributed by atoms with E-state index in [9.17, 15) is 0 Å². The molecule has 3 heteroatoms. The van der Waals surface area contributed by atoms with Crippen LogP contribution in [0, 0.1) is 0 Å². The Kier molecular flexibility index (Phi) is 3.40. The summed E-state index contributed by atoms with van der Waals surface area (Å²) in [5, 5.41) is 7.07. The second-order valence-corrected chi connectivity index (χ2v) is 5.61. The van der Waals surface area contributed by atoms with Crippen molar-refractivity contribution in [2.24, 2.45) is 0 Å². The molecule has 2 rings (SSSR count). The molecule has 0 saturated carbocycles. The average Bonchev–Trinajstić information content (AvgIpc) is 2.59. The maximum atomic E-state index is 3.59. The molecule has 0 amide bonds. The van der Waals surface area contributed by atoms with Gasteiger partial charge in [0.15, 0.2) is 0 Å². The molecule has 0 bridgehead atoms. The SMILES string of the molecule is CN(C)c1ccc(C[C@H]2CNC(C)(C)N2)cc1. The lowest BCUT2D eigenvalue weighted by molar-refractivity contribution is 0.392. The van der Waals surface area contributed by atoms with Crippen LogP contribution in [0.25, 0.3) is 0 Å². The topological polar surface area (TPSA) is 27.3 Å². The number of hydrogen-bond acceptors (Lipinski definition) is 3. The van der Waals surface area contributed by atoms with Crippen molar-refractivity contribution >= 4 is 5.69 Å². The second kappa shape index (κ2) is 4.67. The van der Waals surface area contributed by atoms with Gasteiger partial charge in [0, 0.05) is 32.4 Å². The highest BCUT2D eigenvalue weighted by molar-refractivity contribution is 5.46. The van der Waals surface area contributed by atoms with Gasteiger partial charge in [-0.15, -0.1) is 0 Å². The molecule has 17 heavy (non-hydrogen) atoms. The zero-order chi connectivity index (χ0) is 12.5. The van der Waals surface area contributed by atoms with Crippen molar-refractivity contribution in [3.8, 4) is 0 Å². The van der Waals surface area contributed by atoms with E-state index in [1.54, 1.807) is 0 Å². The molecule has 2 N–H and O–H groups in total. The third-order valence-corrected chi connectivity index (χ3v) is 3.29. The predicted octanol–water partition coefficient (Wildman–Crippen LogP) is 1.59.